The fraction of sp³-hybridized carbons (Fsp3) is 0.111. The zero-order valence-electron chi connectivity index (χ0n) is 13.3. The van der Waals surface area contributed by atoms with Crippen LogP contribution in [0.2, 0.25) is 5.02 Å². The van der Waals surface area contributed by atoms with Crippen LogP contribution in [0.3, 0.4) is 0 Å². The van der Waals surface area contributed by atoms with E-state index >= 15 is 0 Å². The molecule has 0 radical (unpaired) electrons. The van der Waals surface area contributed by atoms with Gasteiger partial charge in [-0.05, 0) is 71.2 Å². The molecule has 0 spiro atoms. The average molecular weight is 423 g/mol. The van der Waals surface area contributed by atoms with Gasteiger partial charge in [-0.15, -0.1) is 0 Å². The number of carboxylic acid groups (broad SMARTS) is 1. The van der Waals surface area contributed by atoms with Crippen LogP contribution >= 0.6 is 27.5 Å². The number of hydrogen-bond acceptors (Lipinski definition) is 4. The average Bonchev–Trinajstić information content (AvgIpc) is 2.54. The van der Waals surface area contributed by atoms with Gasteiger partial charge in [-0.2, -0.15) is 0 Å². The lowest BCUT2D eigenvalue weighted by molar-refractivity contribution is 0.0687. The van der Waals surface area contributed by atoms with Crippen LogP contribution in [0.4, 0.5) is 0 Å². The van der Waals surface area contributed by atoms with Crippen LogP contribution in [0.15, 0.2) is 34.9 Å². The number of aromatic carboxylic acids is 1. The Morgan fingerprint density at radius 2 is 1.80 bits per heavy atom. The number of aromatic hydroxyl groups is 1. The third-order valence-electron chi connectivity index (χ3n) is 3.75. The maximum absolute atomic E-state index is 11.2. The van der Waals surface area contributed by atoms with Crippen molar-refractivity contribution in [2.75, 3.05) is 0 Å². The summed E-state index contributed by atoms with van der Waals surface area (Å²) in [5, 5.41) is 21.0. The van der Waals surface area contributed by atoms with Gasteiger partial charge >= 0.3 is 5.97 Å². The Kier molecular flexibility index (Phi) is 4.58. The van der Waals surface area contributed by atoms with Gasteiger partial charge in [-0.3, -0.25) is 0 Å². The Labute approximate surface area is 157 Å². The van der Waals surface area contributed by atoms with Crippen molar-refractivity contribution in [3.05, 3.63) is 56.8 Å². The van der Waals surface area contributed by atoms with E-state index in [2.05, 4.69) is 20.9 Å². The number of rotatable bonds is 3. The molecule has 2 N–H and O–H groups in total. The Morgan fingerprint density at radius 1 is 1.16 bits per heavy atom. The van der Waals surface area contributed by atoms with Crippen molar-refractivity contribution < 1.29 is 19.7 Å². The first-order valence-electron chi connectivity index (χ1n) is 7.28. The molecule has 0 unspecified atom stereocenters. The minimum Gasteiger partial charge on any atom is -0.505 e. The van der Waals surface area contributed by atoms with E-state index in [1.165, 1.54) is 0 Å². The van der Waals surface area contributed by atoms with Crippen LogP contribution in [0.1, 0.15) is 21.6 Å². The minimum atomic E-state index is -1.31. The number of pyridine rings is 1. The first-order chi connectivity index (χ1) is 11.8. The second-order valence-electron chi connectivity index (χ2n) is 5.58. The van der Waals surface area contributed by atoms with Crippen molar-refractivity contribution in [2.24, 2.45) is 0 Å². The summed E-state index contributed by atoms with van der Waals surface area (Å²) in [6.07, 6.45) is 0. The minimum absolute atomic E-state index is 0.334. The lowest BCUT2D eigenvalue weighted by atomic mass is 10.1. The standard InChI is InChI=1S/C18H13BrClNO4/c1-8-5-10(20)6-9(2)16(8)25-11-3-4-12-13(7-11)15(22)14(18(23)24)21-17(12)19/h3-7,22H,1-2H3,(H,23,24). The Morgan fingerprint density at radius 3 is 2.40 bits per heavy atom. The smallest absolute Gasteiger partial charge is 0.358 e. The molecule has 0 aliphatic rings. The number of carbonyl (C=O) groups is 1. The monoisotopic (exact) mass is 421 g/mol. The van der Waals surface area contributed by atoms with Crippen LogP contribution in [-0.4, -0.2) is 21.2 Å². The predicted octanol–water partition coefficient (Wildman–Crippen LogP) is 5.46. The number of ether oxygens (including phenoxy) is 1. The number of fused-ring (bicyclic) bond motifs is 1. The molecule has 0 fully saturated rings. The molecule has 1 heterocycles. The molecule has 0 saturated carbocycles. The second kappa shape index (κ2) is 6.54. The van der Waals surface area contributed by atoms with Crippen LogP contribution < -0.4 is 4.74 Å². The van der Waals surface area contributed by atoms with Crippen molar-refractivity contribution in [1.82, 2.24) is 4.98 Å². The van der Waals surface area contributed by atoms with E-state index < -0.39 is 17.4 Å². The molecule has 0 atom stereocenters. The Bertz CT molecular complexity index is 997. The maximum atomic E-state index is 11.2. The summed E-state index contributed by atoms with van der Waals surface area (Å²) in [4.78, 5) is 15.1. The van der Waals surface area contributed by atoms with Crippen LogP contribution in [0, 0.1) is 13.8 Å². The molecule has 25 heavy (non-hydrogen) atoms. The highest BCUT2D eigenvalue weighted by Gasteiger charge is 2.18. The van der Waals surface area contributed by atoms with Crippen molar-refractivity contribution in [3.63, 3.8) is 0 Å². The van der Waals surface area contributed by atoms with E-state index in [9.17, 15) is 9.90 Å². The normalized spacial score (nSPS) is 10.9. The van der Waals surface area contributed by atoms with Gasteiger partial charge < -0.3 is 14.9 Å². The van der Waals surface area contributed by atoms with Gasteiger partial charge in [0.15, 0.2) is 11.4 Å². The van der Waals surface area contributed by atoms with Gasteiger partial charge in [0.2, 0.25) is 0 Å². The summed E-state index contributed by atoms with van der Waals surface area (Å²) in [5.74, 6) is -0.586. The zero-order chi connectivity index (χ0) is 18.3. The molecule has 3 rings (SSSR count). The fourth-order valence-electron chi connectivity index (χ4n) is 2.63. The van der Waals surface area contributed by atoms with E-state index in [4.69, 9.17) is 21.4 Å². The molecule has 128 valence electrons. The number of aryl methyl sites for hydroxylation is 2. The molecule has 3 aromatic rings. The summed E-state index contributed by atoms with van der Waals surface area (Å²) in [6.45, 7) is 3.77. The molecule has 1 aromatic heterocycles. The first kappa shape index (κ1) is 17.5. The topological polar surface area (TPSA) is 79.7 Å². The van der Waals surface area contributed by atoms with Gasteiger partial charge in [-0.25, -0.2) is 9.78 Å². The molecule has 2 aromatic carbocycles. The SMILES string of the molecule is Cc1cc(Cl)cc(C)c1Oc1ccc2c(Br)nc(C(=O)O)c(O)c2c1. The predicted molar refractivity (Wildman–Crippen MR) is 99.1 cm³/mol. The van der Waals surface area contributed by atoms with Crippen LogP contribution in [-0.2, 0) is 0 Å². The zero-order valence-corrected chi connectivity index (χ0v) is 15.6. The third kappa shape index (κ3) is 3.27. The lowest BCUT2D eigenvalue weighted by Crippen LogP contribution is -2.02. The molecule has 0 saturated heterocycles. The van der Waals surface area contributed by atoms with Crippen molar-refractivity contribution in [3.8, 4) is 17.2 Å². The summed E-state index contributed by atoms with van der Waals surface area (Å²) >= 11 is 9.26. The number of benzene rings is 2. The molecular formula is C18H13BrClNO4. The maximum Gasteiger partial charge on any atom is 0.358 e. The summed E-state index contributed by atoms with van der Waals surface area (Å²) < 4.78 is 6.28. The summed E-state index contributed by atoms with van der Waals surface area (Å²) in [5.41, 5.74) is 1.32. The molecule has 5 nitrogen and oxygen atoms in total. The number of hydrogen-bond donors (Lipinski definition) is 2. The van der Waals surface area contributed by atoms with Crippen molar-refractivity contribution >= 4 is 44.3 Å². The number of nitrogens with zero attached hydrogens (tertiary/aromatic N) is 1. The van der Waals surface area contributed by atoms with E-state index in [0.717, 1.165) is 11.1 Å². The summed E-state index contributed by atoms with van der Waals surface area (Å²) in [7, 11) is 0. The van der Waals surface area contributed by atoms with Gasteiger partial charge in [0.1, 0.15) is 16.1 Å². The summed E-state index contributed by atoms with van der Waals surface area (Å²) in [6, 6.07) is 8.60. The van der Waals surface area contributed by atoms with E-state index in [1.807, 2.05) is 13.8 Å². The molecule has 0 bridgehead atoms. The van der Waals surface area contributed by atoms with E-state index in [1.54, 1.807) is 30.3 Å². The van der Waals surface area contributed by atoms with Crippen molar-refractivity contribution in [1.29, 1.82) is 0 Å². The highest BCUT2D eigenvalue weighted by Crippen LogP contribution is 2.37. The van der Waals surface area contributed by atoms with Crippen LogP contribution in [0.5, 0.6) is 17.2 Å². The molecule has 0 aliphatic carbocycles. The number of aromatic nitrogens is 1. The van der Waals surface area contributed by atoms with Gasteiger partial charge in [0, 0.05) is 15.8 Å². The van der Waals surface area contributed by atoms with E-state index in [-0.39, 0.29) is 0 Å². The number of carboxylic acids is 1. The highest BCUT2D eigenvalue weighted by molar-refractivity contribution is 9.10. The van der Waals surface area contributed by atoms with Crippen LogP contribution in [0.25, 0.3) is 10.8 Å². The van der Waals surface area contributed by atoms with Gasteiger partial charge in [0.05, 0.1) is 0 Å². The third-order valence-corrected chi connectivity index (χ3v) is 4.57. The number of halogens is 2. The largest absolute Gasteiger partial charge is 0.505 e. The van der Waals surface area contributed by atoms with Gasteiger partial charge in [0.25, 0.3) is 0 Å². The second-order valence-corrected chi connectivity index (χ2v) is 6.77. The van der Waals surface area contributed by atoms with Crippen molar-refractivity contribution in [2.45, 2.75) is 13.8 Å². The molecular weight excluding hydrogens is 410 g/mol. The van der Waals surface area contributed by atoms with Gasteiger partial charge in [-0.1, -0.05) is 11.6 Å². The Hall–Kier alpha value is -2.31. The fourth-order valence-corrected chi connectivity index (χ4v) is 3.48. The molecule has 0 aliphatic heterocycles. The quantitative estimate of drug-likeness (QED) is 0.548. The Balaban J connectivity index is 2.13. The van der Waals surface area contributed by atoms with E-state index in [0.29, 0.717) is 31.9 Å². The first-order valence-corrected chi connectivity index (χ1v) is 8.45. The highest BCUT2D eigenvalue weighted by atomic mass is 79.9. The molecule has 0 amide bonds. The molecule has 7 heteroatoms. The lowest BCUT2D eigenvalue weighted by Gasteiger charge is -2.14.